The van der Waals surface area contributed by atoms with E-state index in [2.05, 4.69) is 9.97 Å². The molecule has 0 aromatic carbocycles. The summed E-state index contributed by atoms with van der Waals surface area (Å²) in [4.78, 5) is 8.07. The summed E-state index contributed by atoms with van der Waals surface area (Å²) in [5.41, 5.74) is 0.214. The summed E-state index contributed by atoms with van der Waals surface area (Å²) in [7, 11) is 1.52. The number of aromatic nitrogens is 2. The van der Waals surface area contributed by atoms with Crippen LogP contribution in [0.15, 0.2) is 12.4 Å². The molecule has 0 aliphatic heterocycles. The molecule has 0 aliphatic carbocycles. The van der Waals surface area contributed by atoms with Crippen LogP contribution >= 0.6 is 0 Å². The molecule has 14 heavy (non-hydrogen) atoms. The number of aliphatic hydroxyl groups excluding tert-OH is 1. The Labute approximate surface area is 84.0 Å². The van der Waals surface area contributed by atoms with Crippen molar-refractivity contribution in [3.05, 3.63) is 18.1 Å². The topological polar surface area (TPSA) is 55.2 Å². The predicted molar refractivity (Wildman–Crippen MR) is 53.0 cm³/mol. The average Bonchev–Trinajstić information content (AvgIpc) is 2.15. The molecule has 1 aromatic rings. The molecule has 1 N–H and O–H groups in total. The van der Waals surface area contributed by atoms with Crippen LogP contribution in [0.5, 0.6) is 5.88 Å². The summed E-state index contributed by atoms with van der Waals surface area (Å²) in [5.74, 6) is 0.384. The van der Waals surface area contributed by atoms with Crippen LogP contribution in [0, 0.1) is 5.41 Å². The van der Waals surface area contributed by atoms with Gasteiger partial charge in [0, 0.05) is 12.4 Å². The van der Waals surface area contributed by atoms with Gasteiger partial charge in [0.2, 0.25) is 5.88 Å². The van der Waals surface area contributed by atoms with E-state index in [1.54, 1.807) is 6.20 Å². The Bertz CT molecular complexity index is 307. The van der Waals surface area contributed by atoms with Crippen molar-refractivity contribution < 1.29 is 9.84 Å². The molecule has 1 rings (SSSR count). The average molecular weight is 196 g/mol. The van der Waals surface area contributed by atoms with Crippen LogP contribution in [0.2, 0.25) is 0 Å². The third-order valence-electron chi connectivity index (χ3n) is 1.96. The standard InChI is InChI=1S/C10H16N2O2/c1-10(2,3)8(13)7-9(14-4)12-6-5-11-7/h5-6,8,13H,1-4H3. The van der Waals surface area contributed by atoms with Gasteiger partial charge in [-0.3, -0.25) is 4.98 Å². The van der Waals surface area contributed by atoms with E-state index in [0.29, 0.717) is 11.6 Å². The largest absolute Gasteiger partial charge is 0.480 e. The van der Waals surface area contributed by atoms with Gasteiger partial charge in [-0.25, -0.2) is 4.98 Å². The van der Waals surface area contributed by atoms with Gasteiger partial charge in [0.25, 0.3) is 0 Å². The van der Waals surface area contributed by atoms with Gasteiger partial charge in [0.1, 0.15) is 11.8 Å². The fourth-order valence-corrected chi connectivity index (χ4v) is 1.09. The summed E-state index contributed by atoms with van der Waals surface area (Å²) in [5, 5.41) is 9.99. The molecule has 0 spiro atoms. The Hall–Kier alpha value is -1.16. The van der Waals surface area contributed by atoms with Crippen LogP contribution in [0.3, 0.4) is 0 Å². The Morgan fingerprint density at radius 2 is 1.86 bits per heavy atom. The number of hydrogen-bond donors (Lipinski definition) is 1. The second kappa shape index (κ2) is 3.92. The lowest BCUT2D eigenvalue weighted by molar-refractivity contribution is 0.0558. The van der Waals surface area contributed by atoms with E-state index in [1.807, 2.05) is 20.8 Å². The highest BCUT2D eigenvalue weighted by atomic mass is 16.5. The Morgan fingerprint density at radius 1 is 1.29 bits per heavy atom. The maximum atomic E-state index is 9.99. The van der Waals surface area contributed by atoms with E-state index in [4.69, 9.17) is 4.74 Å². The van der Waals surface area contributed by atoms with E-state index >= 15 is 0 Å². The number of hydrogen-bond acceptors (Lipinski definition) is 4. The minimum Gasteiger partial charge on any atom is -0.480 e. The molecule has 0 saturated heterocycles. The first-order chi connectivity index (χ1) is 6.46. The first-order valence-corrected chi connectivity index (χ1v) is 4.49. The first kappa shape index (κ1) is 10.9. The highest BCUT2D eigenvalue weighted by Crippen LogP contribution is 2.34. The van der Waals surface area contributed by atoms with Gasteiger partial charge >= 0.3 is 0 Å². The molecule has 0 bridgehead atoms. The van der Waals surface area contributed by atoms with Crippen molar-refractivity contribution in [2.75, 3.05) is 7.11 Å². The van der Waals surface area contributed by atoms with E-state index in [9.17, 15) is 5.11 Å². The fourth-order valence-electron chi connectivity index (χ4n) is 1.09. The van der Waals surface area contributed by atoms with Gasteiger partial charge in [-0.05, 0) is 5.41 Å². The molecule has 1 aromatic heterocycles. The molecular weight excluding hydrogens is 180 g/mol. The minimum atomic E-state index is -0.675. The molecule has 0 radical (unpaired) electrons. The molecule has 4 nitrogen and oxygen atoms in total. The highest BCUT2D eigenvalue weighted by molar-refractivity contribution is 5.21. The zero-order valence-electron chi connectivity index (χ0n) is 8.98. The van der Waals surface area contributed by atoms with Crippen molar-refractivity contribution in [1.29, 1.82) is 0 Å². The first-order valence-electron chi connectivity index (χ1n) is 4.49. The summed E-state index contributed by atoms with van der Waals surface area (Å²) < 4.78 is 5.03. The van der Waals surface area contributed by atoms with Crippen molar-refractivity contribution >= 4 is 0 Å². The van der Waals surface area contributed by atoms with Crippen LogP contribution in [-0.2, 0) is 0 Å². The van der Waals surface area contributed by atoms with Gasteiger partial charge in [0.05, 0.1) is 7.11 Å². The molecule has 0 fully saturated rings. The van der Waals surface area contributed by atoms with Gasteiger partial charge in [0.15, 0.2) is 0 Å². The number of methoxy groups -OCH3 is 1. The Balaban J connectivity index is 3.06. The van der Waals surface area contributed by atoms with Crippen LogP contribution in [0.25, 0.3) is 0 Å². The van der Waals surface area contributed by atoms with Crippen molar-refractivity contribution in [2.45, 2.75) is 26.9 Å². The SMILES string of the molecule is COc1nccnc1C(O)C(C)(C)C. The van der Waals surface area contributed by atoms with E-state index in [1.165, 1.54) is 13.3 Å². The molecular formula is C10H16N2O2. The molecule has 0 saturated carbocycles. The van der Waals surface area contributed by atoms with Gasteiger partial charge in [-0.1, -0.05) is 20.8 Å². The minimum absolute atomic E-state index is 0.274. The number of nitrogens with zero attached hydrogens (tertiary/aromatic N) is 2. The Morgan fingerprint density at radius 3 is 2.36 bits per heavy atom. The summed E-state index contributed by atoms with van der Waals surface area (Å²) in [6.45, 7) is 5.81. The van der Waals surface area contributed by atoms with E-state index in [-0.39, 0.29) is 5.41 Å². The normalized spacial score (nSPS) is 13.8. The molecule has 1 atom stereocenters. The molecule has 0 amide bonds. The maximum absolute atomic E-state index is 9.99. The summed E-state index contributed by atoms with van der Waals surface area (Å²) in [6, 6.07) is 0. The second-order valence-corrected chi connectivity index (χ2v) is 4.22. The van der Waals surface area contributed by atoms with Crippen molar-refractivity contribution in [3.8, 4) is 5.88 Å². The molecule has 78 valence electrons. The molecule has 1 heterocycles. The smallest absolute Gasteiger partial charge is 0.238 e. The van der Waals surface area contributed by atoms with Crippen molar-refractivity contribution in [3.63, 3.8) is 0 Å². The van der Waals surface area contributed by atoms with Crippen LogP contribution in [0.1, 0.15) is 32.6 Å². The number of aliphatic hydroxyl groups is 1. The number of ether oxygens (including phenoxy) is 1. The van der Waals surface area contributed by atoms with Gasteiger partial charge in [-0.15, -0.1) is 0 Å². The van der Waals surface area contributed by atoms with Crippen molar-refractivity contribution in [1.82, 2.24) is 9.97 Å². The lowest BCUT2D eigenvalue weighted by Gasteiger charge is -2.25. The van der Waals surface area contributed by atoms with Crippen LogP contribution in [-0.4, -0.2) is 22.2 Å². The monoisotopic (exact) mass is 196 g/mol. The van der Waals surface area contributed by atoms with Crippen molar-refractivity contribution in [2.24, 2.45) is 5.41 Å². The quantitative estimate of drug-likeness (QED) is 0.780. The van der Waals surface area contributed by atoms with Gasteiger partial charge in [-0.2, -0.15) is 0 Å². The summed E-state index contributed by atoms with van der Waals surface area (Å²) >= 11 is 0. The summed E-state index contributed by atoms with van der Waals surface area (Å²) in [6.07, 6.45) is 2.41. The van der Waals surface area contributed by atoms with Crippen LogP contribution < -0.4 is 4.74 Å². The third-order valence-corrected chi connectivity index (χ3v) is 1.96. The third kappa shape index (κ3) is 2.20. The predicted octanol–water partition coefficient (Wildman–Crippen LogP) is 1.56. The highest BCUT2D eigenvalue weighted by Gasteiger charge is 2.28. The molecule has 1 unspecified atom stereocenters. The lowest BCUT2D eigenvalue weighted by atomic mass is 9.87. The lowest BCUT2D eigenvalue weighted by Crippen LogP contribution is -2.20. The van der Waals surface area contributed by atoms with Crippen LogP contribution in [0.4, 0.5) is 0 Å². The molecule has 0 aliphatic rings. The zero-order chi connectivity index (χ0) is 10.8. The Kier molecular flexibility index (Phi) is 3.06. The zero-order valence-corrected chi connectivity index (χ0v) is 8.98. The molecule has 4 heteroatoms. The fraction of sp³-hybridized carbons (Fsp3) is 0.600. The van der Waals surface area contributed by atoms with E-state index < -0.39 is 6.10 Å². The number of rotatable bonds is 2. The van der Waals surface area contributed by atoms with Gasteiger partial charge < -0.3 is 9.84 Å². The van der Waals surface area contributed by atoms with E-state index in [0.717, 1.165) is 0 Å². The maximum Gasteiger partial charge on any atom is 0.238 e. The second-order valence-electron chi connectivity index (χ2n) is 4.22.